The normalized spacial score (nSPS) is 14.4. The van der Waals surface area contributed by atoms with Crippen LogP contribution in [-0.4, -0.2) is 18.2 Å². The Morgan fingerprint density at radius 2 is 2.06 bits per heavy atom. The molecule has 2 heterocycles. The van der Waals surface area contributed by atoms with Crippen molar-refractivity contribution in [2.45, 2.75) is 6.42 Å². The van der Waals surface area contributed by atoms with Gasteiger partial charge in [0.2, 0.25) is 0 Å². The first-order chi connectivity index (χ1) is 8.77. The first-order valence-corrected chi connectivity index (χ1v) is 6.68. The molecule has 1 aliphatic heterocycles. The molecule has 0 saturated heterocycles. The summed E-state index contributed by atoms with van der Waals surface area (Å²) in [4.78, 5) is 25.8. The first kappa shape index (κ1) is 11.2. The Hall–Kier alpha value is -1.94. The number of nitrogens with zero attached hydrogens (tertiary/aromatic N) is 1. The van der Waals surface area contributed by atoms with Crippen molar-refractivity contribution in [2.24, 2.45) is 0 Å². The molecule has 0 bridgehead atoms. The Kier molecular flexibility index (Phi) is 2.72. The molecule has 0 fully saturated rings. The number of anilines is 1. The molecular weight excluding hydrogens is 246 g/mol. The van der Waals surface area contributed by atoms with Crippen molar-refractivity contribution in [3.8, 4) is 0 Å². The number of hydrogen-bond donors (Lipinski definition) is 0. The molecule has 1 aromatic carbocycles. The van der Waals surface area contributed by atoms with Gasteiger partial charge in [0.1, 0.15) is 0 Å². The topological polar surface area (TPSA) is 37.4 Å². The minimum Gasteiger partial charge on any atom is -0.307 e. The van der Waals surface area contributed by atoms with Gasteiger partial charge in [0.05, 0.1) is 11.3 Å². The molecule has 90 valence electrons. The van der Waals surface area contributed by atoms with Crippen LogP contribution in [-0.2, 0) is 0 Å². The maximum atomic E-state index is 12.4. The summed E-state index contributed by atoms with van der Waals surface area (Å²) in [6, 6.07) is 9.11. The molecule has 0 atom stereocenters. The summed E-state index contributed by atoms with van der Waals surface area (Å²) in [5, 5.41) is 3.72. The lowest BCUT2D eigenvalue weighted by Gasteiger charge is -2.28. The van der Waals surface area contributed by atoms with Crippen molar-refractivity contribution in [3.63, 3.8) is 0 Å². The molecule has 2 aromatic rings. The molecule has 1 aliphatic rings. The third-order valence-corrected chi connectivity index (χ3v) is 3.75. The van der Waals surface area contributed by atoms with Crippen molar-refractivity contribution >= 4 is 28.7 Å². The van der Waals surface area contributed by atoms with E-state index >= 15 is 0 Å². The van der Waals surface area contributed by atoms with Gasteiger partial charge in [0, 0.05) is 23.9 Å². The van der Waals surface area contributed by atoms with Gasteiger partial charge in [-0.2, -0.15) is 11.3 Å². The van der Waals surface area contributed by atoms with Gasteiger partial charge in [-0.05, 0) is 23.6 Å². The Labute approximate surface area is 109 Å². The number of para-hydroxylation sites is 1. The molecule has 3 rings (SSSR count). The van der Waals surface area contributed by atoms with E-state index in [0.717, 1.165) is 5.69 Å². The molecule has 0 N–H and O–H groups in total. The van der Waals surface area contributed by atoms with Crippen molar-refractivity contribution < 1.29 is 9.59 Å². The van der Waals surface area contributed by atoms with Gasteiger partial charge in [-0.1, -0.05) is 12.1 Å². The van der Waals surface area contributed by atoms with Gasteiger partial charge in [-0.25, -0.2) is 0 Å². The van der Waals surface area contributed by atoms with E-state index in [4.69, 9.17) is 0 Å². The Bertz CT molecular complexity index is 604. The van der Waals surface area contributed by atoms with Gasteiger partial charge in [0.15, 0.2) is 5.78 Å². The number of thiophene rings is 1. The third-order valence-electron chi connectivity index (χ3n) is 3.07. The first-order valence-electron chi connectivity index (χ1n) is 5.73. The van der Waals surface area contributed by atoms with Crippen LogP contribution in [0.2, 0.25) is 0 Å². The summed E-state index contributed by atoms with van der Waals surface area (Å²) in [5.74, 6) is 0.0798. The maximum absolute atomic E-state index is 12.4. The summed E-state index contributed by atoms with van der Waals surface area (Å²) in [5.41, 5.74) is 2.06. The van der Waals surface area contributed by atoms with Crippen LogP contribution in [0.25, 0.3) is 0 Å². The molecule has 0 aliphatic carbocycles. The number of carbonyl (C=O) groups is 2. The van der Waals surface area contributed by atoms with E-state index in [-0.39, 0.29) is 11.7 Å². The average molecular weight is 257 g/mol. The molecule has 0 unspecified atom stereocenters. The lowest BCUT2D eigenvalue weighted by Crippen LogP contribution is -2.37. The molecule has 0 spiro atoms. The molecule has 1 amide bonds. The van der Waals surface area contributed by atoms with Crippen LogP contribution in [0.4, 0.5) is 5.69 Å². The molecule has 1 aromatic heterocycles. The van der Waals surface area contributed by atoms with Crippen molar-refractivity contribution in [1.29, 1.82) is 0 Å². The fourth-order valence-electron chi connectivity index (χ4n) is 2.17. The van der Waals surface area contributed by atoms with E-state index in [2.05, 4.69) is 0 Å². The number of benzene rings is 1. The smallest absolute Gasteiger partial charge is 0.259 e. The Balaban J connectivity index is 2.03. The Morgan fingerprint density at radius 1 is 1.22 bits per heavy atom. The summed E-state index contributed by atoms with van der Waals surface area (Å²) >= 11 is 1.50. The lowest BCUT2D eigenvalue weighted by molar-refractivity contribution is 0.0955. The zero-order valence-corrected chi connectivity index (χ0v) is 10.4. The highest BCUT2D eigenvalue weighted by Crippen LogP contribution is 2.28. The van der Waals surface area contributed by atoms with Crippen molar-refractivity contribution in [2.75, 3.05) is 11.4 Å². The predicted octanol–water partition coefficient (Wildman–Crippen LogP) is 2.98. The number of amides is 1. The second-order valence-corrected chi connectivity index (χ2v) is 4.94. The largest absolute Gasteiger partial charge is 0.307 e. The van der Waals surface area contributed by atoms with E-state index in [1.165, 1.54) is 11.3 Å². The predicted molar refractivity (Wildman–Crippen MR) is 71.4 cm³/mol. The maximum Gasteiger partial charge on any atom is 0.259 e. The van der Waals surface area contributed by atoms with Gasteiger partial charge in [-0.15, -0.1) is 0 Å². The highest BCUT2D eigenvalue weighted by molar-refractivity contribution is 7.08. The quantitative estimate of drug-likeness (QED) is 0.787. The van der Waals surface area contributed by atoms with E-state index in [0.29, 0.717) is 24.1 Å². The molecule has 0 radical (unpaired) electrons. The van der Waals surface area contributed by atoms with Gasteiger partial charge in [0.25, 0.3) is 5.91 Å². The summed E-state index contributed by atoms with van der Waals surface area (Å²) < 4.78 is 0. The molecule has 18 heavy (non-hydrogen) atoms. The average Bonchev–Trinajstić information content (AvgIpc) is 2.93. The van der Waals surface area contributed by atoms with E-state index in [1.807, 2.05) is 35.0 Å². The number of Topliss-reactive ketones (excluding diaryl/α,β-unsaturated/α-hetero) is 1. The van der Waals surface area contributed by atoms with Crippen LogP contribution in [0.5, 0.6) is 0 Å². The van der Waals surface area contributed by atoms with Gasteiger partial charge in [-0.3, -0.25) is 9.59 Å². The molecule has 4 heteroatoms. The van der Waals surface area contributed by atoms with Gasteiger partial charge < -0.3 is 4.90 Å². The van der Waals surface area contributed by atoms with E-state index in [1.54, 1.807) is 11.0 Å². The number of hydrogen-bond acceptors (Lipinski definition) is 3. The van der Waals surface area contributed by atoms with Crippen LogP contribution < -0.4 is 4.90 Å². The number of ketones is 1. The highest BCUT2D eigenvalue weighted by Gasteiger charge is 2.27. The zero-order valence-electron chi connectivity index (χ0n) is 9.63. The van der Waals surface area contributed by atoms with Crippen LogP contribution in [0.15, 0.2) is 41.1 Å². The number of fused-ring (bicyclic) bond motifs is 1. The van der Waals surface area contributed by atoms with Gasteiger partial charge >= 0.3 is 0 Å². The van der Waals surface area contributed by atoms with Crippen LogP contribution in [0, 0.1) is 0 Å². The van der Waals surface area contributed by atoms with Crippen molar-refractivity contribution in [1.82, 2.24) is 0 Å². The fraction of sp³-hybridized carbons (Fsp3) is 0.143. The monoisotopic (exact) mass is 257 g/mol. The number of carbonyl (C=O) groups excluding carboxylic acids is 2. The van der Waals surface area contributed by atoms with E-state index in [9.17, 15) is 9.59 Å². The second-order valence-electron chi connectivity index (χ2n) is 4.16. The highest BCUT2D eigenvalue weighted by atomic mass is 32.1. The van der Waals surface area contributed by atoms with Crippen LogP contribution >= 0.6 is 11.3 Å². The molecule has 3 nitrogen and oxygen atoms in total. The third kappa shape index (κ3) is 1.75. The van der Waals surface area contributed by atoms with Crippen LogP contribution in [0.1, 0.15) is 27.1 Å². The fourth-order valence-corrected chi connectivity index (χ4v) is 2.80. The summed E-state index contributed by atoms with van der Waals surface area (Å²) in [6.07, 6.45) is 0.396. The SMILES string of the molecule is O=C1CCN(C(=O)c2ccsc2)c2ccccc21. The second kappa shape index (κ2) is 4.38. The lowest BCUT2D eigenvalue weighted by atomic mass is 10.00. The summed E-state index contributed by atoms with van der Waals surface area (Å²) in [6.45, 7) is 0.463. The van der Waals surface area contributed by atoms with Crippen LogP contribution in [0.3, 0.4) is 0 Å². The Morgan fingerprint density at radius 3 is 2.83 bits per heavy atom. The number of rotatable bonds is 1. The van der Waals surface area contributed by atoms with E-state index < -0.39 is 0 Å². The minimum absolute atomic E-state index is 0.0313. The zero-order chi connectivity index (χ0) is 12.5. The van der Waals surface area contributed by atoms with Crippen molar-refractivity contribution in [3.05, 3.63) is 52.2 Å². The standard InChI is InChI=1S/C14H11NO2S/c16-13-5-7-15(12-4-2-1-3-11(12)13)14(17)10-6-8-18-9-10/h1-4,6,8-9H,5,7H2. The summed E-state index contributed by atoms with van der Waals surface area (Å²) in [7, 11) is 0. The minimum atomic E-state index is -0.0313. The molecular formula is C14H11NO2S. The molecule has 0 saturated carbocycles.